The molecule has 6 nitrogen and oxygen atoms in total. The number of aliphatic hydroxyl groups excluding tert-OH is 1. The number of hydrogen-bond donors (Lipinski definition) is 3. The number of carbonyl (C=O) groups is 2. The molecule has 1 aliphatic rings. The van der Waals surface area contributed by atoms with Crippen LogP contribution in [0.5, 0.6) is 0 Å². The van der Waals surface area contributed by atoms with Gasteiger partial charge in [0.2, 0.25) is 5.91 Å². The normalized spacial score (nSPS) is 19.6. The van der Waals surface area contributed by atoms with Crippen molar-refractivity contribution in [2.75, 3.05) is 13.1 Å². The fourth-order valence-corrected chi connectivity index (χ4v) is 1.49. The lowest BCUT2D eigenvalue weighted by Crippen LogP contribution is -2.36. The number of hydrogen-bond acceptors (Lipinski definition) is 4. The monoisotopic (exact) mass is 256 g/mol. The van der Waals surface area contributed by atoms with Crippen LogP contribution in [0.3, 0.4) is 0 Å². The van der Waals surface area contributed by atoms with Gasteiger partial charge in [-0.1, -0.05) is 0 Å². The Bertz CT molecular complexity index is 358. The van der Waals surface area contributed by atoms with Crippen molar-refractivity contribution in [3.63, 3.8) is 0 Å². The van der Waals surface area contributed by atoms with E-state index in [1.807, 2.05) is 0 Å². The summed E-state index contributed by atoms with van der Waals surface area (Å²) in [4.78, 5) is 22.6. The number of aliphatic hydroxyl groups is 1. The number of ether oxygens (including phenoxy) is 1. The van der Waals surface area contributed by atoms with Crippen molar-refractivity contribution in [1.82, 2.24) is 10.6 Å². The molecule has 1 saturated heterocycles. The van der Waals surface area contributed by atoms with Gasteiger partial charge in [-0.3, -0.25) is 4.79 Å². The zero-order valence-corrected chi connectivity index (χ0v) is 10.9. The summed E-state index contributed by atoms with van der Waals surface area (Å²) in [5.74, 6) is -0.161. The van der Waals surface area contributed by atoms with Crippen LogP contribution in [0.1, 0.15) is 27.2 Å². The summed E-state index contributed by atoms with van der Waals surface area (Å²) in [6.07, 6.45) is 0.578. The fraction of sp³-hybridized carbons (Fsp3) is 0.667. The summed E-state index contributed by atoms with van der Waals surface area (Å²) in [7, 11) is 0. The molecule has 1 rings (SSSR count). The van der Waals surface area contributed by atoms with Gasteiger partial charge in [-0.15, -0.1) is 0 Å². The van der Waals surface area contributed by atoms with E-state index in [1.54, 1.807) is 20.8 Å². The summed E-state index contributed by atoms with van der Waals surface area (Å²) in [6.45, 7) is 5.89. The van der Waals surface area contributed by atoms with Crippen molar-refractivity contribution < 1.29 is 19.4 Å². The van der Waals surface area contributed by atoms with E-state index >= 15 is 0 Å². The summed E-state index contributed by atoms with van der Waals surface area (Å²) in [5.41, 5.74) is -0.0211. The van der Waals surface area contributed by atoms with Gasteiger partial charge in [-0.2, -0.15) is 0 Å². The number of nitrogens with one attached hydrogen (secondary N) is 2. The average Bonchev–Trinajstić information content (AvgIpc) is 2.59. The van der Waals surface area contributed by atoms with Gasteiger partial charge in [0.15, 0.2) is 0 Å². The topological polar surface area (TPSA) is 87.7 Å². The summed E-state index contributed by atoms with van der Waals surface area (Å²) < 4.78 is 5.02. The van der Waals surface area contributed by atoms with Crippen molar-refractivity contribution in [3.8, 4) is 0 Å². The Labute approximate surface area is 106 Å². The highest BCUT2D eigenvalue weighted by Crippen LogP contribution is 2.09. The van der Waals surface area contributed by atoms with Gasteiger partial charge in [-0.05, 0) is 33.3 Å². The minimum Gasteiger partial charge on any atom is -0.444 e. The molecule has 1 atom stereocenters. The third-order valence-corrected chi connectivity index (χ3v) is 2.22. The van der Waals surface area contributed by atoms with Gasteiger partial charge in [0.05, 0.1) is 12.6 Å². The van der Waals surface area contributed by atoms with E-state index in [0.717, 1.165) is 0 Å². The number of amides is 2. The Hall–Kier alpha value is -1.56. The maximum atomic E-state index is 11.3. The molecule has 2 amide bonds. The molecule has 0 spiro atoms. The predicted octanol–water partition coefficient (Wildman–Crippen LogP) is 0.318. The van der Waals surface area contributed by atoms with E-state index in [-0.39, 0.29) is 12.5 Å². The van der Waals surface area contributed by atoms with Crippen molar-refractivity contribution in [2.45, 2.75) is 38.9 Å². The largest absolute Gasteiger partial charge is 0.444 e. The van der Waals surface area contributed by atoms with E-state index in [1.165, 1.54) is 6.08 Å². The Balaban J connectivity index is 2.35. The zero-order valence-electron chi connectivity index (χ0n) is 10.9. The van der Waals surface area contributed by atoms with Crippen LogP contribution in [0.25, 0.3) is 0 Å². The van der Waals surface area contributed by atoms with Crippen molar-refractivity contribution in [2.24, 2.45) is 0 Å². The van der Waals surface area contributed by atoms with Crippen LogP contribution in [0.15, 0.2) is 11.6 Å². The van der Waals surface area contributed by atoms with E-state index < -0.39 is 17.8 Å². The SMILES string of the molecule is CC(C)(C)OC(=O)NCC(O)C=C1CCNC1=O. The molecule has 0 saturated carbocycles. The lowest BCUT2D eigenvalue weighted by molar-refractivity contribution is -0.116. The molecule has 6 heteroatoms. The molecule has 3 N–H and O–H groups in total. The maximum absolute atomic E-state index is 11.3. The molecule has 0 aliphatic carbocycles. The third-order valence-electron chi connectivity index (χ3n) is 2.22. The standard InChI is InChI=1S/C12H20N2O4/c1-12(2,3)18-11(17)14-7-9(15)6-8-4-5-13-10(8)16/h6,9,15H,4-5,7H2,1-3H3,(H,13,16)(H,14,17). The Morgan fingerprint density at radius 1 is 1.61 bits per heavy atom. The molecule has 1 heterocycles. The van der Waals surface area contributed by atoms with Crippen LogP contribution >= 0.6 is 0 Å². The highest BCUT2D eigenvalue weighted by Gasteiger charge is 2.19. The van der Waals surface area contributed by atoms with Crippen LogP contribution in [-0.2, 0) is 9.53 Å². The van der Waals surface area contributed by atoms with Crippen LogP contribution < -0.4 is 10.6 Å². The van der Waals surface area contributed by atoms with Crippen molar-refractivity contribution in [3.05, 3.63) is 11.6 Å². The molecule has 0 aromatic rings. The van der Waals surface area contributed by atoms with Gasteiger partial charge in [-0.25, -0.2) is 4.79 Å². The first kappa shape index (κ1) is 14.5. The van der Waals surface area contributed by atoms with E-state index in [0.29, 0.717) is 18.5 Å². The molecule has 0 aromatic carbocycles. The first-order chi connectivity index (χ1) is 8.28. The Morgan fingerprint density at radius 2 is 2.28 bits per heavy atom. The zero-order chi connectivity index (χ0) is 13.8. The lowest BCUT2D eigenvalue weighted by atomic mass is 10.1. The van der Waals surface area contributed by atoms with Crippen LogP contribution in [0.4, 0.5) is 4.79 Å². The third kappa shape index (κ3) is 5.18. The second-order valence-corrected chi connectivity index (χ2v) is 5.15. The smallest absolute Gasteiger partial charge is 0.407 e. The Kier molecular flexibility index (Phi) is 4.72. The van der Waals surface area contributed by atoms with Gasteiger partial charge in [0.25, 0.3) is 0 Å². The first-order valence-corrected chi connectivity index (χ1v) is 5.92. The van der Waals surface area contributed by atoms with Gasteiger partial charge < -0.3 is 20.5 Å². The summed E-state index contributed by atoms with van der Waals surface area (Å²) in [5, 5.41) is 14.7. The molecular weight excluding hydrogens is 236 g/mol. The number of rotatable bonds is 3. The Morgan fingerprint density at radius 3 is 2.78 bits per heavy atom. The molecule has 18 heavy (non-hydrogen) atoms. The highest BCUT2D eigenvalue weighted by atomic mass is 16.6. The highest BCUT2D eigenvalue weighted by molar-refractivity contribution is 5.95. The van der Waals surface area contributed by atoms with Crippen LogP contribution in [0.2, 0.25) is 0 Å². The second kappa shape index (κ2) is 5.86. The minimum atomic E-state index is -0.892. The summed E-state index contributed by atoms with van der Waals surface area (Å²) in [6, 6.07) is 0. The van der Waals surface area contributed by atoms with Crippen molar-refractivity contribution in [1.29, 1.82) is 0 Å². The second-order valence-electron chi connectivity index (χ2n) is 5.15. The molecule has 102 valence electrons. The molecule has 0 bridgehead atoms. The maximum Gasteiger partial charge on any atom is 0.407 e. The molecular formula is C12H20N2O4. The van der Waals surface area contributed by atoms with E-state index in [9.17, 15) is 14.7 Å². The van der Waals surface area contributed by atoms with Gasteiger partial charge in [0.1, 0.15) is 5.60 Å². The molecule has 1 aliphatic heterocycles. The van der Waals surface area contributed by atoms with Gasteiger partial charge >= 0.3 is 6.09 Å². The van der Waals surface area contributed by atoms with Gasteiger partial charge in [0, 0.05) is 12.1 Å². The molecule has 1 unspecified atom stereocenters. The minimum absolute atomic E-state index is 0.0195. The van der Waals surface area contributed by atoms with Crippen LogP contribution in [-0.4, -0.2) is 41.9 Å². The average molecular weight is 256 g/mol. The number of carbonyl (C=O) groups excluding carboxylic acids is 2. The molecule has 1 fully saturated rings. The number of alkyl carbamates (subject to hydrolysis) is 1. The molecule has 0 aromatic heterocycles. The lowest BCUT2D eigenvalue weighted by Gasteiger charge is -2.20. The van der Waals surface area contributed by atoms with Crippen molar-refractivity contribution >= 4 is 12.0 Å². The molecule has 0 radical (unpaired) electrons. The first-order valence-electron chi connectivity index (χ1n) is 5.92. The van der Waals surface area contributed by atoms with Crippen LogP contribution in [0, 0.1) is 0 Å². The predicted molar refractivity (Wildman–Crippen MR) is 66.0 cm³/mol. The van der Waals surface area contributed by atoms with E-state index in [2.05, 4.69) is 10.6 Å². The summed E-state index contributed by atoms with van der Waals surface area (Å²) >= 11 is 0. The quantitative estimate of drug-likeness (QED) is 0.634. The van der Waals surface area contributed by atoms with E-state index in [4.69, 9.17) is 4.74 Å². The fourth-order valence-electron chi connectivity index (χ4n) is 1.49.